The van der Waals surface area contributed by atoms with E-state index in [0.29, 0.717) is 18.3 Å². The van der Waals surface area contributed by atoms with E-state index in [1.807, 2.05) is 35.2 Å². The first kappa shape index (κ1) is 16.1. The van der Waals surface area contributed by atoms with Crippen LogP contribution in [0, 0.1) is 0 Å². The van der Waals surface area contributed by atoms with Gasteiger partial charge in [0.05, 0.1) is 11.5 Å². The fourth-order valence-corrected chi connectivity index (χ4v) is 3.47. The Morgan fingerprint density at radius 3 is 2.80 bits per heavy atom. The second-order valence-corrected chi connectivity index (χ2v) is 7.05. The Labute approximate surface area is 146 Å². The number of para-hydroxylation sites is 1. The molecule has 7 heteroatoms. The average Bonchev–Trinajstić information content (AvgIpc) is 3.11. The molecule has 1 saturated heterocycles. The Kier molecular flexibility index (Phi) is 4.17. The van der Waals surface area contributed by atoms with Crippen LogP contribution < -0.4 is 11.1 Å². The zero-order chi connectivity index (χ0) is 17.3. The predicted octanol–water partition coefficient (Wildman–Crippen LogP) is 2.82. The van der Waals surface area contributed by atoms with Gasteiger partial charge in [-0.1, -0.05) is 23.4 Å². The number of carbonyl (C=O) groups excluding carboxylic acids is 1. The molecule has 1 aliphatic carbocycles. The van der Waals surface area contributed by atoms with Gasteiger partial charge in [-0.15, -0.1) is 0 Å². The Bertz CT molecular complexity index is 741. The van der Waals surface area contributed by atoms with Crippen LogP contribution in [0.25, 0.3) is 0 Å². The Morgan fingerprint density at radius 2 is 2.08 bits per heavy atom. The highest BCUT2D eigenvalue weighted by Gasteiger charge is 2.40. The number of nitrogens with one attached hydrogen (secondary N) is 1. The quantitative estimate of drug-likeness (QED) is 0.894. The van der Waals surface area contributed by atoms with Gasteiger partial charge in [-0.2, -0.15) is 4.98 Å². The Morgan fingerprint density at radius 1 is 1.28 bits per heavy atom. The lowest BCUT2D eigenvalue weighted by atomic mass is 9.77. The molecule has 0 radical (unpaired) electrons. The third-order valence-corrected chi connectivity index (χ3v) is 5.22. The van der Waals surface area contributed by atoms with E-state index in [2.05, 4.69) is 15.5 Å². The molecule has 0 spiro atoms. The summed E-state index contributed by atoms with van der Waals surface area (Å²) in [5, 5.41) is 7.02. The summed E-state index contributed by atoms with van der Waals surface area (Å²) < 4.78 is 5.47. The number of nitrogens with two attached hydrogens (primary N) is 1. The number of likely N-dealkylation sites (tertiary alicyclic amines) is 1. The van der Waals surface area contributed by atoms with Crippen LogP contribution >= 0.6 is 0 Å². The largest absolute Gasteiger partial charge is 0.339 e. The van der Waals surface area contributed by atoms with Crippen molar-refractivity contribution in [1.82, 2.24) is 15.0 Å². The first-order valence-corrected chi connectivity index (χ1v) is 8.88. The molecule has 2 amide bonds. The van der Waals surface area contributed by atoms with Gasteiger partial charge in [-0.3, -0.25) is 0 Å². The van der Waals surface area contributed by atoms with Crippen LogP contribution in [-0.2, 0) is 5.54 Å². The maximum atomic E-state index is 12.5. The first-order valence-electron chi connectivity index (χ1n) is 8.88. The molecule has 1 saturated carbocycles. The number of benzene rings is 1. The first-order chi connectivity index (χ1) is 12.1. The smallest absolute Gasteiger partial charge is 0.321 e. The lowest BCUT2D eigenvalue weighted by molar-refractivity contribution is 0.183. The number of aromatic nitrogens is 2. The second-order valence-electron chi connectivity index (χ2n) is 7.05. The van der Waals surface area contributed by atoms with Crippen LogP contribution in [0.2, 0.25) is 0 Å². The van der Waals surface area contributed by atoms with Crippen molar-refractivity contribution < 1.29 is 9.32 Å². The second kappa shape index (κ2) is 6.48. The van der Waals surface area contributed by atoms with Crippen LogP contribution in [0.1, 0.15) is 49.7 Å². The summed E-state index contributed by atoms with van der Waals surface area (Å²) in [4.78, 5) is 18.8. The summed E-state index contributed by atoms with van der Waals surface area (Å²) in [5.41, 5.74) is 6.65. The van der Waals surface area contributed by atoms with Crippen molar-refractivity contribution >= 4 is 11.7 Å². The number of urea groups is 1. The van der Waals surface area contributed by atoms with E-state index < -0.39 is 5.54 Å². The minimum atomic E-state index is -0.416. The van der Waals surface area contributed by atoms with Crippen LogP contribution in [0.5, 0.6) is 0 Å². The number of piperidine rings is 1. The van der Waals surface area contributed by atoms with E-state index in [9.17, 15) is 4.79 Å². The van der Waals surface area contributed by atoms with Crippen LogP contribution in [-0.4, -0.2) is 34.2 Å². The maximum Gasteiger partial charge on any atom is 0.321 e. The van der Waals surface area contributed by atoms with Crippen molar-refractivity contribution in [2.24, 2.45) is 5.73 Å². The van der Waals surface area contributed by atoms with Crippen LogP contribution in [0.15, 0.2) is 34.9 Å². The summed E-state index contributed by atoms with van der Waals surface area (Å²) in [7, 11) is 0. The lowest BCUT2D eigenvalue weighted by Crippen LogP contribution is -2.44. The van der Waals surface area contributed by atoms with Crippen LogP contribution in [0.4, 0.5) is 10.5 Å². The van der Waals surface area contributed by atoms with Crippen molar-refractivity contribution in [2.75, 3.05) is 18.4 Å². The Hall–Kier alpha value is -2.41. The molecule has 2 fully saturated rings. The summed E-state index contributed by atoms with van der Waals surface area (Å²) in [5.74, 6) is 1.28. The van der Waals surface area contributed by atoms with Gasteiger partial charge in [-0.05, 0) is 44.2 Å². The fraction of sp³-hybridized carbons (Fsp3) is 0.500. The normalized spacial score (nSPS) is 22.3. The molecule has 25 heavy (non-hydrogen) atoms. The van der Waals surface area contributed by atoms with Gasteiger partial charge in [0.25, 0.3) is 0 Å². The van der Waals surface area contributed by atoms with Gasteiger partial charge in [0, 0.05) is 18.8 Å². The van der Waals surface area contributed by atoms with E-state index in [-0.39, 0.29) is 11.9 Å². The minimum absolute atomic E-state index is 0.0696. The molecule has 1 aromatic carbocycles. The molecular formula is C18H23N5O2. The number of carbonyl (C=O) groups is 1. The van der Waals surface area contributed by atoms with Gasteiger partial charge in [0.2, 0.25) is 5.89 Å². The summed E-state index contributed by atoms with van der Waals surface area (Å²) in [6.07, 6.45) is 4.77. The highest BCUT2D eigenvalue weighted by Crippen LogP contribution is 2.38. The minimum Gasteiger partial charge on any atom is -0.339 e. The standard InChI is InChI=1S/C18H23N5O2/c19-18(9-5-10-18)16-21-15(25-22-16)13-6-4-11-23(12-13)17(24)20-14-7-2-1-3-8-14/h1-3,7-8,13H,4-6,9-12,19H2,(H,20,24). The van der Waals surface area contributed by atoms with E-state index in [4.69, 9.17) is 10.3 Å². The van der Waals surface area contributed by atoms with Gasteiger partial charge < -0.3 is 20.5 Å². The van der Waals surface area contributed by atoms with Crippen LogP contribution in [0.3, 0.4) is 0 Å². The highest BCUT2D eigenvalue weighted by molar-refractivity contribution is 5.89. The molecule has 1 aliphatic heterocycles. The molecule has 3 N–H and O–H groups in total. The lowest BCUT2D eigenvalue weighted by Gasteiger charge is -2.34. The van der Waals surface area contributed by atoms with Crippen molar-refractivity contribution in [2.45, 2.75) is 43.6 Å². The zero-order valence-corrected chi connectivity index (χ0v) is 14.1. The SMILES string of the molecule is NC1(c2noc(C3CCCN(C(=O)Nc4ccccc4)C3)n2)CCC1. The number of nitrogens with zero attached hydrogens (tertiary/aromatic N) is 3. The molecule has 1 atom stereocenters. The monoisotopic (exact) mass is 341 g/mol. The van der Waals surface area contributed by atoms with Gasteiger partial charge in [0.1, 0.15) is 0 Å². The number of rotatable bonds is 3. The summed E-state index contributed by atoms with van der Waals surface area (Å²) >= 11 is 0. The molecule has 4 rings (SSSR count). The molecule has 7 nitrogen and oxygen atoms in total. The molecule has 2 heterocycles. The van der Waals surface area contributed by atoms with Crippen molar-refractivity contribution in [1.29, 1.82) is 0 Å². The third-order valence-electron chi connectivity index (χ3n) is 5.22. The van der Waals surface area contributed by atoms with E-state index >= 15 is 0 Å². The van der Waals surface area contributed by atoms with Gasteiger partial charge in [0.15, 0.2) is 5.82 Å². The van der Waals surface area contributed by atoms with Gasteiger partial charge >= 0.3 is 6.03 Å². The maximum absolute atomic E-state index is 12.5. The highest BCUT2D eigenvalue weighted by atomic mass is 16.5. The van der Waals surface area contributed by atoms with Crippen molar-refractivity contribution in [3.63, 3.8) is 0 Å². The molecular weight excluding hydrogens is 318 g/mol. The van der Waals surface area contributed by atoms with E-state index in [0.717, 1.165) is 44.3 Å². The molecule has 1 aromatic heterocycles. The number of hydrogen-bond acceptors (Lipinski definition) is 5. The molecule has 132 valence electrons. The van der Waals surface area contributed by atoms with Gasteiger partial charge in [-0.25, -0.2) is 4.79 Å². The molecule has 2 aliphatic rings. The van der Waals surface area contributed by atoms with Crippen molar-refractivity contribution in [3.8, 4) is 0 Å². The summed E-state index contributed by atoms with van der Waals surface area (Å²) in [6, 6.07) is 9.39. The van der Waals surface area contributed by atoms with E-state index in [1.165, 1.54) is 0 Å². The number of hydrogen-bond donors (Lipinski definition) is 2. The average molecular weight is 341 g/mol. The fourth-order valence-electron chi connectivity index (χ4n) is 3.47. The predicted molar refractivity (Wildman–Crippen MR) is 93.0 cm³/mol. The summed E-state index contributed by atoms with van der Waals surface area (Å²) in [6.45, 7) is 1.31. The third kappa shape index (κ3) is 3.24. The Balaban J connectivity index is 1.41. The molecule has 2 aromatic rings. The molecule has 1 unspecified atom stereocenters. The number of anilines is 1. The van der Waals surface area contributed by atoms with E-state index in [1.54, 1.807) is 0 Å². The topological polar surface area (TPSA) is 97.3 Å². The number of amides is 2. The van der Waals surface area contributed by atoms with Crippen molar-refractivity contribution in [3.05, 3.63) is 42.0 Å². The zero-order valence-electron chi connectivity index (χ0n) is 14.1. The molecule has 0 bridgehead atoms.